The van der Waals surface area contributed by atoms with Crippen molar-refractivity contribution in [2.45, 2.75) is 32.2 Å². The van der Waals surface area contributed by atoms with Crippen LogP contribution < -0.4 is 10.6 Å². The number of anilines is 1. The SMILES string of the molecule is Cc1ncc(NC(=O)NC(c2ccccc2)C2(CO)CCC2)cn1. The highest BCUT2D eigenvalue weighted by molar-refractivity contribution is 5.89. The largest absolute Gasteiger partial charge is 0.396 e. The summed E-state index contributed by atoms with van der Waals surface area (Å²) in [7, 11) is 0. The van der Waals surface area contributed by atoms with Gasteiger partial charge in [-0.15, -0.1) is 0 Å². The van der Waals surface area contributed by atoms with Crippen molar-refractivity contribution in [3.63, 3.8) is 0 Å². The Labute approximate surface area is 141 Å². The van der Waals surface area contributed by atoms with Gasteiger partial charge in [-0.2, -0.15) is 0 Å². The fourth-order valence-corrected chi connectivity index (χ4v) is 3.16. The second-order valence-electron chi connectivity index (χ2n) is 6.34. The smallest absolute Gasteiger partial charge is 0.319 e. The fourth-order valence-electron chi connectivity index (χ4n) is 3.16. The molecule has 1 saturated carbocycles. The number of aliphatic hydroxyl groups excluding tert-OH is 1. The Bertz CT molecular complexity index is 678. The van der Waals surface area contributed by atoms with Gasteiger partial charge in [0.25, 0.3) is 0 Å². The summed E-state index contributed by atoms with van der Waals surface area (Å²) >= 11 is 0. The van der Waals surface area contributed by atoms with E-state index in [0.717, 1.165) is 24.8 Å². The number of hydrogen-bond donors (Lipinski definition) is 3. The van der Waals surface area contributed by atoms with E-state index in [1.165, 1.54) is 0 Å². The minimum Gasteiger partial charge on any atom is -0.396 e. The predicted molar refractivity (Wildman–Crippen MR) is 91.5 cm³/mol. The van der Waals surface area contributed by atoms with Crippen molar-refractivity contribution in [1.29, 1.82) is 0 Å². The number of benzene rings is 1. The fraction of sp³-hybridized carbons (Fsp3) is 0.389. The van der Waals surface area contributed by atoms with E-state index in [9.17, 15) is 9.90 Å². The molecule has 1 aliphatic rings. The van der Waals surface area contributed by atoms with Crippen molar-refractivity contribution in [1.82, 2.24) is 15.3 Å². The number of nitrogens with one attached hydrogen (secondary N) is 2. The average molecular weight is 326 g/mol. The topological polar surface area (TPSA) is 87.1 Å². The van der Waals surface area contributed by atoms with Crippen molar-refractivity contribution in [3.8, 4) is 0 Å². The normalized spacial score (nSPS) is 16.8. The van der Waals surface area contributed by atoms with Crippen LogP contribution in [0.5, 0.6) is 0 Å². The maximum absolute atomic E-state index is 12.4. The molecule has 1 heterocycles. The van der Waals surface area contributed by atoms with E-state index in [0.29, 0.717) is 11.5 Å². The molecule has 3 N–H and O–H groups in total. The number of aryl methyl sites for hydroxylation is 1. The van der Waals surface area contributed by atoms with Crippen LogP contribution in [0, 0.1) is 12.3 Å². The molecule has 6 heteroatoms. The molecule has 0 aliphatic heterocycles. The van der Waals surface area contributed by atoms with Crippen molar-refractivity contribution >= 4 is 11.7 Å². The lowest BCUT2D eigenvalue weighted by Crippen LogP contribution is -2.48. The highest BCUT2D eigenvalue weighted by atomic mass is 16.3. The zero-order valence-corrected chi connectivity index (χ0v) is 13.7. The molecule has 2 amide bonds. The lowest BCUT2D eigenvalue weighted by Gasteiger charge is -2.46. The van der Waals surface area contributed by atoms with Crippen LogP contribution >= 0.6 is 0 Å². The van der Waals surface area contributed by atoms with Crippen LogP contribution in [0.15, 0.2) is 42.7 Å². The second kappa shape index (κ2) is 6.97. The number of aliphatic hydroxyl groups is 1. The molecule has 24 heavy (non-hydrogen) atoms. The first-order valence-corrected chi connectivity index (χ1v) is 8.15. The minimum atomic E-state index is -0.323. The molecule has 1 fully saturated rings. The lowest BCUT2D eigenvalue weighted by molar-refractivity contribution is 0.00969. The minimum absolute atomic E-state index is 0.0560. The molecular formula is C18H22N4O2. The van der Waals surface area contributed by atoms with Crippen molar-refractivity contribution in [2.24, 2.45) is 5.41 Å². The number of carbonyl (C=O) groups is 1. The number of amides is 2. The van der Waals surface area contributed by atoms with Crippen molar-refractivity contribution in [3.05, 3.63) is 54.1 Å². The Kier molecular flexibility index (Phi) is 4.76. The zero-order chi connectivity index (χ0) is 17.0. The summed E-state index contributed by atoms with van der Waals surface area (Å²) in [5, 5.41) is 15.7. The van der Waals surface area contributed by atoms with Gasteiger partial charge in [0.2, 0.25) is 0 Å². The molecule has 1 aromatic carbocycles. The van der Waals surface area contributed by atoms with Crippen molar-refractivity contribution in [2.75, 3.05) is 11.9 Å². The van der Waals surface area contributed by atoms with Crippen LogP contribution in [0.1, 0.15) is 36.7 Å². The number of rotatable bonds is 5. The molecular weight excluding hydrogens is 304 g/mol. The first kappa shape index (κ1) is 16.4. The maximum atomic E-state index is 12.4. The molecule has 2 aromatic rings. The van der Waals surface area contributed by atoms with Crippen LogP contribution in [-0.4, -0.2) is 27.7 Å². The number of carbonyl (C=O) groups excluding carboxylic acids is 1. The molecule has 1 aliphatic carbocycles. The van der Waals surface area contributed by atoms with Gasteiger partial charge < -0.3 is 15.7 Å². The maximum Gasteiger partial charge on any atom is 0.319 e. The molecule has 1 atom stereocenters. The van der Waals surface area contributed by atoms with Crippen LogP contribution in [0.25, 0.3) is 0 Å². The Morgan fingerprint density at radius 1 is 1.25 bits per heavy atom. The van der Waals surface area contributed by atoms with E-state index < -0.39 is 0 Å². The highest BCUT2D eigenvalue weighted by Crippen LogP contribution is 2.49. The summed E-state index contributed by atoms with van der Waals surface area (Å²) in [6.45, 7) is 1.84. The molecule has 3 rings (SSSR count). The van der Waals surface area contributed by atoms with Crippen LogP contribution in [0.2, 0.25) is 0 Å². The van der Waals surface area contributed by atoms with Gasteiger partial charge in [0.05, 0.1) is 30.7 Å². The number of nitrogens with zero attached hydrogens (tertiary/aromatic N) is 2. The summed E-state index contributed by atoms with van der Waals surface area (Å²) < 4.78 is 0. The van der Waals surface area contributed by atoms with Crippen LogP contribution in [0.4, 0.5) is 10.5 Å². The van der Waals surface area contributed by atoms with E-state index in [4.69, 9.17) is 0 Å². The van der Waals surface area contributed by atoms with Crippen molar-refractivity contribution < 1.29 is 9.90 Å². The Morgan fingerprint density at radius 3 is 2.46 bits per heavy atom. The van der Waals surface area contributed by atoms with E-state index in [1.54, 1.807) is 19.3 Å². The first-order valence-electron chi connectivity index (χ1n) is 8.15. The summed E-state index contributed by atoms with van der Waals surface area (Å²) in [4.78, 5) is 20.6. The van der Waals surface area contributed by atoms with E-state index in [-0.39, 0.29) is 24.1 Å². The van der Waals surface area contributed by atoms with Gasteiger partial charge >= 0.3 is 6.03 Å². The number of aromatic nitrogens is 2. The third-order valence-electron chi connectivity index (χ3n) is 4.72. The average Bonchev–Trinajstić information content (AvgIpc) is 2.56. The number of hydrogen-bond acceptors (Lipinski definition) is 4. The second-order valence-corrected chi connectivity index (χ2v) is 6.34. The molecule has 1 aromatic heterocycles. The van der Waals surface area contributed by atoms with Crippen LogP contribution in [-0.2, 0) is 0 Å². The molecule has 0 radical (unpaired) electrons. The summed E-state index contributed by atoms with van der Waals surface area (Å²) in [5.41, 5.74) is 1.25. The van der Waals surface area contributed by atoms with Gasteiger partial charge in [-0.1, -0.05) is 36.8 Å². The Hall–Kier alpha value is -2.47. The van der Waals surface area contributed by atoms with Crippen LogP contribution in [0.3, 0.4) is 0 Å². The molecule has 6 nitrogen and oxygen atoms in total. The highest BCUT2D eigenvalue weighted by Gasteiger charge is 2.45. The van der Waals surface area contributed by atoms with E-state index >= 15 is 0 Å². The van der Waals surface area contributed by atoms with Gasteiger partial charge in [0.1, 0.15) is 5.82 Å². The summed E-state index contributed by atoms with van der Waals surface area (Å²) in [6.07, 6.45) is 6.02. The molecule has 126 valence electrons. The Morgan fingerprint density at radius 2 is 1.92 bits per heavy atom. The Balaban J connectivity index is 1.76. The monoisotopic (exact) mass is 326 g/mol. The standard InChI is InChI=1S/C18H22N4O2/c1-13-19-10-15(11-20-13)21-17(24)22-16(14-6-3-2-4-7-14)18(12-23)8-5-9-18/h2-4,6-7,10-11,16,23H,5,8-9,12H2,1H3,(H2,21,22,24). The third-order valence-corrected chi connectivity index (χ3v) is 4.72. The lowest BCUT2D eigenvalue weighted by atomic mass is 9.63. The van der Waals surface area contributed by atoms with E-state index in [2.05, 4.69) is 20.6 Å². The zero-order valence-electron chi connectivity index (χ0n) is 13.7. The first-order chi connectivity index (χ1) is 11.6. The van der Waals surface area contributed by atoms with Gasteiger partial charge in [-0.3, -0.25) is 0 Å². The van der Waals surface area contributed by atoms with Gasteiger partial charge in [-0.05, 0) is 25.3 Å². The van der Waals surface area contributed by atoms with E-state index in [1.807, 2.05) is 30.3 Å². The quantitative estimate of drug-likeness (QED) is 0.788. The van der Waals surface area contributed by atoms with Gasteiger partial charge in [-0.25, -0.2) is 14.8 Å². The molecule has 0 bridgehead atoms. The third kappa shape index (κ3) is 3.38. The predicted octanol–water partition coefficient (Wildman–Crippen LogP) is 2.81. The molecule has 1 unspecified atom stereocenters. The molecule has 0 spiro atoms. The summed E-state index contributed by atoms with van der Waals surface area (Å²) in [6, 6.07) is 9.24. The number of urea groups is 1. The summed E-state index contributed by atoms with van der Waals surface area (Å²) in [5.74, 6) is 0.650. The van der Waals surface area contributed by atoms with Gasteiger partial charge in [0.15, 0.2) is 0 Å². The molecule has 0 saturated heterocycles. The van der Waals surface area contributed by atoms with Gasteiger partial charge in [0, 0.05) is 5.41 Å².